The van der Waals surface area contributed by atoms with Crippen LogP contribution in [0.4, 0.5) is 5.82 Å². The van der Waals surface area contributed by atoms with E-state index in [4.69, 9.17) is 15.0 Å². The number of aromatic nitrogens is 4. The number of carbonyl (C=O) groups is 1. The van der Waals surface area contributed by atoms with Gasteiger partial charge in [0.05, 0.1) is 18.5 Å². The zero-order chi connectivity index (χ0) is 22.2. The fourth-order valence-corrected chi connectivity index (χ4v) is 3.78. The van der Waals surface area contributed by atoms with Crippen LogP contribution in [0.3, 0.4) is 0 Å². The lowest BCUT2D eigenvalue weighted by Crippen LogP contribution is -2.33. The second-order valence-electron chi connectivity index (χ2n) is 6.64. The lowest BCUT2D eigenvalue weighted by Gasteiger charge is -2.17. The number of phosphoric ester groups is 1. The topological polar surface area (TPSA) is 192 Å². The third-order valence-electron chi connectivity index (χ3n) is 4.61. The summed E-state index contributed by atoms with van der Waals surface area (Å²) < 4.78 is 28.4. The molecule has 3 heterocycles. The van der Waals surface area contributed by atoms with E-state index < -0.39 is 44.9 Å². The SMILES string of the molecule is Nc1ncnc2c1ncn2C1OC(COP(=O)(O)OC(=O)c2ccccc2)C(O)C1O. The van der Waals surface area contributed by atoms with Crippen LogP contribution in [0.15, 0.2) is 43.0 Å². The summed E-state index contributed by atoms with van der Waals surface area (Å²) in [5, 5.41) is 20.7. The van der Waals surface area contributed by atoms with Gasteiger partial charge in [-0.05, 0) is 12.1 Å². The highest BCUT2D eigenvalue weighted by atomic mass is 31.2. The van der Waals surface area contributed by atoms with E-state index in [-0.39, 0.29) is 22.5 Å². The molecule has 0 amide bonds. The molecule has 1 saturated heterocycles. The van der Waals surface area contributed by atoms with Gasteiger partial charge in [-0.25, -0.2) is 24.3 Å². The molecule has 2 aromatic heterocycles. The Bertz CT molecular complexity index is 1140. The van der Waals surface area contributed by atoms with Gasteiger partial charge < -0.3 is 25.2 Å². The summed E-state index contributed by atoms with van der Waals surface area (Å²) in [6.45, 7) is -0.645. The minimum absolute atomic E-state index is 0.0567. The van der Waals surface area contributed by atoms with Gasteiger partial charge in [-0.3, -0.25) is 14.0 Å². The van der Waals surface area contributed by atoms with Crippen LogP contribution in [0, 0.1) is 0 Å². The van der Waals surface area contributed by atoms with Crippen LogP contribution in [-0.4, -0.2) is 65.5 Å². The van der Waals surface area contributed by atoms with Crippen molar-refractivity contribution < 1.29 is 38.3 Å². The van der Waals surface area contributed by atoms with Gasteiger partial charge in [0, 0.05) is 0 Å². The molecule has 0 bridgehead atoms. The van der Waals surface area contributed by atoms with Crippen molar-refractivity contribution in [2.45, 2.75) is 24.5 Å². The van der Waals surface area contributed by atoms with Crippen molar-refractivity contribution in [3.63, 3.8) is 0 Å². The van der Waals surface area contributed by atoms with Crippen molar-refractivity contribution in [1.29, 1.82) is 0 Å². The maximum atomic E-state index is 12.1. The standard InChI is InChI=1S/C17H18N5O8P/c18-14-11-15(20-7-19-14)22(8-21-11)16-13(24)12(23)10(29-16)6-28-31(26,27)30-17(25)9-4-2-1-3-5-9/h1-5,7-8,10,12-13,16,23-24H,6H2,(H,26,27)(H2,18,19,20). The fraction of sp³-hybridized carbons (Fsp3) is 0.294. The second kappa shape index (κ2) is 8.30. The van der Waals surface area contributed by atoms with Crippen LogP contribution in [0.25, 0.3) is 11.2 Å². The van der Waals surface area contributed by atoms with Crippen molar-refractivity contribution in [2.75, 3.05) is 12.3 Å². The Kier molecular flexibility index (Phi) is 5.71. The van der Waals surface area contributed by atoms with Gasteiger partial charge >= 0.3 is 13.8 Å². The average molecular weight is 451 g/mol. The number of rotatable bonds is 6. The third kappa shape index (κ3) is 4.28. The molecule has 1 aliphatic heterocycles. The Morgan fingerprint density at radius 3 is 2.68 bits per heavy atom. The van der Waals surface area contributed by atoms with Crippen LogP contribution < -0.4 is 5.73 Å². The van der Waals surface area contributed by atoms with E-state index in [1.165, 1.54) is 29.4 Å². The Hall–Kier alpha value is -2.93. The second-order valence-corrected chi connectivity index (χ2v) is 8.02. The number of nitrogens with zero attached hydrogens (tertiary/aromatic N) is 4. The Balaban J connectivity index is 1.43. The summed E-state index contributed by atoms with van der Waals surface area (Å²) >= 11 is 0. The average Bonchev–Trinajstić information content (AvgIpc) is 3.29. The largest absolute Gasteiger partial charge is 0.529 e. The van der Waals surface area contributed by atoms with E-state index in [0.717, 1.165) is 0 Å². The number of phosphoric acid groups is 1. The summed E-state index contributed by atoms with van der Waals surface area (Å²) in [7, 11) is -4.82. The number of nitrogens with two attached hydrogens (primary N) is 1. The molecule has 3 aromatic rings. The van der Waals surface area contributed by atoms with Crippen molar-refractivity contribution >= 4 is 30.8 Å². The van der Waals surface area contributed by atoms with Crippen LogP contribution >= 0.6 is 7.82 Å². The van der Waals surface area contributed by atoms with Gasteiger partial charge in [-0.15, -0.1) is 0 Å². The number of aliphatic hydroxyl groups is 2. The highest BCUT2D eigenvalue weighted by Gasteiger charge is 2.45. The highest BCUT2D eigenvalue weighted by molar-refractivity contribution is 7.48. The number of carbonyl (C=O) groups excluding carboxylic acids is 1. The number of hydrogen-bond donors (Lipinski definition) is 4. The quantitative estimate of drug-likeness (QED) is 0.367. The molecule has 5 atom stereocenters. The molecule has 1 aromatic carbocycles. The van der Waals surface area contributed by atoms with Crippen LogP contribution in [0.2, 0.25) is 0 Å². The molecular weight excluding hydrogens is 433 g/mol. The number of fused-ring (bicyclic) bond motifs is 1. The molecule has 14 heteroatoms. The molecule has 164 valence electrons. The Labute approximate surface area is 174 Å². The summed E-state index contributed by atoms with van der Waals surface area (Å²) in [4.78, 5) is 33.7. The molecule has 31 heavy (non-hydrogen) atoms. The molecule has 5 N–H and O–H groups in total. The van der Waals surface area contributed by atoms with E-state index in [2.05, 4.69) is 19.5 Å². The first-order chi connectivity index (χ1) is 14.8. The Morgan fingerprint density at radius 2 is 1.94 bits per heavy atom. The smallest absolute Gasteiger partial charge is 0.387 e. The first-order valence-electron chi connectivity index (χ1n) is 8.98. The predicted octanol–water partition coefficient (Wildman–Crippen LogP) is 0.00170. The van der Waals surface area contributed by atoms with E-state index in [1.807, 2.05) is 0 Å². The minimum atomic E-state index is -4.82. The number of hydrogen-bond acceptors (Lipinski definition) is 11. The van der Waals surface area contributed by atoms with Crippen LogP contribution in [-0.2, 0) is 18.3 Å². The fourth-order valence-electron chi connectivity index (χ4n) is 3.08. The van der Waals surface area contributed by atoms with Gasteiger partial charge in [0.15, 0.2) is 17.7 Å². The molecule has 0 spiro atoms. The number of aliphatic hydroxyl groups excluding tert-OH is 2. The van der Waals surface area contributed by atoms with Gasteiger partial charge in [-0.1, -0.05) is 18.2 Å². The molecule has 1 aliphatic rings. The van der Waals surface area contributed by atoms with Gasteiger partial charge in [0.1, 0.15) is 30.2 Å². The van der Waals surface area contributed by atoms with Crippen molar-refractivity contribution in [1.82, 2.24) is 19.5 Å². The molecule has 0 aliphatic carbocycles. The van der Waals surface area contributed by atoms with E-state index in [1.54, 1.807) is 18.2 Å². The van der Waals surface area contributed by atoms with Crippen LogP contribution in [0.1, 0.15) is 16.6 Å². The minimum Gasteiger partial charge on any atom is -0.387 e. The van der Waals surface area contributed by atoms with E-state index >= 15 is 0 Å². The monoisotopic (exact) mass is 451 g/mol. The van der Waals surface area contributed by atoms with Crippen molar-refractivity contribution in [3.8, 4) is 0 Å². The molecule has 0 saturated carbocycles. The first kappa shape index (κ1) is 21.3. The maximum Gasteiger partial charge on any atom is 0.529 e. The summed E-state index contributed by atoms with van der Waals surface area (Å²) in [5.74, 6) is -0.933. The first-order valence-corrected chi connectivity index (χ1v) is 10.5. The molecule has 13 nitrogen and oxygen atoms in total. The third-order valence-corrected chi connectivity index (χ3v) is 5.48. The number of imidazole rings is 1. The van der Waals surface area contributed by atoms with Gasteiger partial charge in [0.25, 0.3) is 0 Å². The molecule has 5 unspecified atom stereocenters. The van der Waals surface area contributed by atoms with Gasteiger partial charge in [0.2, 0.25) is 0 Å². The zero-order valence-corrected chi connectivity index (χ0v) is 16.6. The molecule has 0 radical (unpaired) electrons. The van der Waals surface area contributed by atoms with Crippen molar-refractivity contribution in [2.24, 2.45) is 0 Å². The predicted molar refractivity (Wildman–Crippen MR) is 103 cm³/mol. The lowest BCUT2D eigenvalue weighted by atomic mass is 10.1. The maximum absolute atomic E-state index is 12.1. The zero-order valence-electron chi connectivity index (χ0n) is 15.8. The highest BCUT2D eigenvalue weighted by Crippen LogP contribution is 2.45. The summed E-state index contributed by atoms with van der Waals surface area (Å²) in [6.07, 6.45) is -2.76. The number of benzene rings is 1. The molecule has 4 rings (SSSR count). The molecule has 1 fully saturated rings. The van der Waals surface area contributed by atoms with E-state index in [9.17, 15) is 24.5 Å². The Morgan fingerprint density at radius 1 is 1.19 bits per heavy atom. The number of ether oxygens (including phenoxy) is 1. The van der Waals surface area contributed by atoms with Gasteiger partial charge in [-0.2, -0.15) is 0 Å². The van der Waals surface area contributed by atoms with Crippen LogP contribution in [0.5, 0.6) is 0 Å². The van der Waals surface area contributed by atoms with E-state index in [0.29, 0.717) is 0 Å². The number of nitrogen functional groups attached to an aromatic ring is 1. The summed E-state index contributed by atoms with van der Waals surface area (Å²) in [6, 6.07) is 7.58. The lowest BCUT2D eigenvalue weighted by molar-refractivity contribution is -0.0508. The number of anilines is 1. The molecular formula is C17H18N5O8P. The normalized spacial score (nSPS) is 25.4. The summed E-state index contributed by atoms with van der Waals surface area (Å²) in [5.41, 5.74) is 6.33. The van der Waals surface area contributed by atoms with Crippen molar-refractivity contribution in [3.05, 3.63) is 48.5 Å².